The second kappa shape index (κ2) is 8.82. The summed E-state index contributed by atoms with van der Waals surface area (Å²) in [5, 5.41) is 9.31. The highest BCUT2D eigenvalue weighted by molar-refractivity contribution is 5.93. The second-order valence-electron chi connectivity index (χ2n) is 6.50. The summed E-state index contributed by atoms with van der Waals surface area (Å²) in [7, 11) is 0. The van der Waals surface area contributed by atoms with E-state index in [9.17, 15) is 10.1 Å². The molecule has 132 valence electrons. The Balaban J connectivity index is 2.52. The molecular weight excluding hydrogens is 322 g/mol. The normalized spacial score (nSPS) is 11.4. The highest BCUT2D eigenvalue weighted by Gasteiger charge is 2.20. The second-order valence-corrected chi connectivity index (χ2v) is 6.50. The molecule has 2 aromatic rings. The third-order valence-corrected chi connectivity index (χ3v) is 3.82. The molecule has 0 bridgehead atoms. The first-order chi connectivity index (χ1) is 12.5. The number of esters is 1. The van der Waals surface area contributed by atoms with Gasteiger partial charge in [-0.25, -0.2) is 4.79 Å². The van der Waals surface area contributed by atoms with Gasteiger partial charge < -0.3 is 4.74 Å². The lowest BCUT2D eigenvalue weighted by atomic mass is 9.84. The van der Waals surface area contributed by atoms with E-state index in [0.29, 0.717) is 0 Å². The molecule has 0 saturated carbocycles. The van der Waals surface area contributed by atoms with E-state index in [1.54, 1.807) is 13.0 Å². The summed E-state index contributed by atoms with van der Waals surface area (Å²) in [6.45, 7) is 5.90. The van der Waals surface area contributed by atoms with Crippen molar-refractivity contribution in [3.05, 3.63) is 89.5 Å². The number of rotatable bonds is 6. The minimum atomic E-state index is -0.586. The summed E-state index contributed by atoms with van der Waals surface area (Å²) in [6, 6.07) is 22.1. The first-order valence-corrected chi connectivity index (χ1v) is 8.60. The van der Waals surface area contributed by atoms with E-state index in [-0.39, 0.29) is 12.2 Å². The van der Waals surface area contributed by atoms with E-state index in [0.717, 1.165) is 16.7 Å². The van der Waals surface area contributed by atoms with Crippen molar-refractivity contribution < 1.29 is 9.53 Å². The van der Waals surface area contributed by atoms with Crippen LogP contribution in [0.1, 0.15) is 31.9 Å². The van der Waals surface area contributed by atoms with Gasteiger partial charge in [0.25, 0.3) is 0 Å². The number of carbonyl (C=O) groups is 1. The standard InChI is InChI=1S/C23H23NO2/c1-4-26-22(25)20(17-24)15-23(2,3)16-21(18-11-7-5-8-12-18)19-13-9-6-10-14-19/h5-16H,4H2,1-3H3/b20-15+. The summed E-state index contributed by atoms with van der Waals surface area (Å²) in [4.78, 5) is 11.9. The van der Waals surface area contributed by atoms with Gasteiger partial charge in [0.05, 0.1) is 6.61 Å². The van der Waals surface area contributed by atoms with Crippen molar-refractivity contribution in [3.63, 3.8) is 0 Å². The predicted octanol–water partition coefficient (Wildman–Crippen LogP) is 5.16. The first kappa shape index (κ1) is 19.2. The number of nitrogens with zero attached hydrogens (tertiary/aromatic N) is 1. The van der Waals surface area contributed by atoms with Crippen LogP contribution in [0.4, 0.5) is 0 Å². The Morgan fingerprint density at radius 1 is 1.00 bits per heavy atom. The van der Waals surface area contributed by atoms with E-state index in [2.05, 4.69) is 30.3 Å². The fourth-order valence-electron chi connectivity index (χ4n) is 2.70. The number of hydrogen-bond acceptors (Lipinski definition) is 3. The van der Waals surface area contributed by atoms with E-state index < -0.39 is 11.4 Å². The summed E-state index contributed by atoms with van der Waals surface area (Å²) < 4.78 is 4.96. The van der Waals surface area contributed by atoms with Gasteiger partial charge in [0.1, 0.15) is 11.6 Å². The summed E-state index contributed by atoms with van der Waals surface area (Å²) in [6.07, 6.45) is 3.74. The molecule has 0 aliphatic heterocycles. The maximum absolute atomic E-state index is 11.9. The van der Waals surface area contributed by atoms with Gasteiger partial charge in [-0.3, -0.25) is 0 Å². The summed E-state index contributed by atoms with van der Waals surface area (Å²) in [5.41, 5.74) is 2.71. The fourth-order valence-corrected chi connectivity index (χ4v) is 2.70. The molecule has 2 aromatic carbocycles. The van der Waals surface area contributed by atoms with Crippen LogP contribution in [0.2, 0.25) is 0 Å². The van der Waals surface area contributed by atoms with Crippen molar-refractivity contribution in [2.75, 3.05) is 6.61 Å². The number of ether oxygens (including phenoxy) is 1. The molecule has 0 aliphatic rings. The molecular formula is C23H23NO2. The molecule has 3 nitrogen and oxygen atoms in total. The minimum absolute atomic E-state index is 0.0218. The number of hydrogen-bond donors (Lipinski definition) is 0. The van der Waals surface area contributed by atoms with Crippen LogP contribution in [0.3, 0.4) is 0 Å². The number of benzene rings is 2. The average Bonchev–Trinajstić information content (AvgIpc) is 2.66. The molecule has 0 fully saturated rings. The molecule has 0 atom stereocenters. The van der Waals surface area contributed by atoms with Crippen molar-refractivity contribution in [2.24, 2.45) is 5.41 Å². The van der Waals surface area contributed by atoms with Crippen LogP contribution in [-0.2, 0) is 9.53 Å². The van der Waals surface area contributed by atoms with Gasteiger partial charge in [-0.2, -0.15) is 5.26 Å². The van der Waals surface area contributed by atoms with Crippen LogP contribution in [0, 0.1) is 16.7 Å². The number of carbonyl (C=O) groups excluding carboxylic acids is 1. The van der Waals surface area contributed by atoms with Gasteiger partial charge in [-0.05, 0) is 29.7 Å². The number of allylic oxidation sites excluding steroid dienone is 2. The summed E-state index contributed by atoms with van der Waals surface area (Å²) >= 11 is 0. The average molecular weight is 345 g/mol. The Morgan fingerprint density at radius 2 is 1.50 bits per heavy atom. The molecule has 2 rings (SSSR count). The molecule has 0 heterocycles. The topological polar surface area (TPSA) is 50.1 Å². The highest BCUT2D eigenvalue weighted by Crippen LogP contribution is 2.31. The molecule has 0 N–H and O–H groups in total. The largest absolute Gasteiger partial charge is 0.462 e. The van der Waals surface area contributed by atoms with Gasteiger partial charge in [-0.1, -0.05) is 80.6 Å². The van der Waals surface area contributed by atoms with Crippen molar-refractivity contribution in [2.45, 2.75) is 20.8 Å². The van der Waals surface area contributed by atoms with Crippen LogP contribution in [0.15, 0.2) is 78.4 Å². The van der Waals surface area contributed by atoms with Crippen LogP contribution in [0.5, 0.6) is 0 Å². The molecule has 0 unspecified atom stereocenters. The van der Waals surface area contributed by atoms with E-state index in [1.165, 1.54) is 0 Å². The van der Waals surface area contributed by atoms with Crippen molar-refractivity contribution >= 4 is 11.5 Å². The van der Waals surface area contributed by atoms with E-state index in [4.69, 9.17) is 4.74 Å². The molecule has 0 aromatic heterocycles. The van der Waals surface area contributed by atoms with Gasteiger partial charge in [0.2, 0.25) is 0 Å². The van der Waals surface area contributed by atoms with Gasteiger partial charge in [0.15, 0.2) is 0 Å². The zero-order valence-electron chi connectivity index (χ0n) is 15.4. The lowest BCUT2D eigenvalue weighted by Gasteiger charge is -2.19. The zero-order chi connectivity index (χ0) is 19.0. The third-order valence-electron chi connectivity index (χ3n) is 3.82. The Bertz CT molecular complexity index is 799. The van der Waals surface area contributed by atoms with E-state index in [1.807, 2.05) is 56.3 Å². The zero-order valence-corrected chi connectivity index (χ0v) is 15.4. The molecule has 0 amide bonds. The maximum atomic E-state index is 11.9. The molecule has 0 radical (unpaired) electrons. The highest BCUT2D eigenvalue weighted by atomic mass is 16.5. The van der Waals surface area contributed by atoms with Crippen LogP contribution in [0.25, 0.3) is 5.57 Å². The van der Waals surface area contributed by atoms with Gasteiger partial charge >= 0.3 is 5.97 Å². The Hall–Kier alpha value is -3.12. The van der Waals surface area contributed by atoms with Crippen molar-refractivity contribution in [3.8, 4) is 6.07 Å². The molecule has 3 heteroatoms. The van der Waals surface area contributed by atoms with Gasteiger partial charge in [-0.15, -0.1) is 0 Å². The minimum Gasteiger partial charge on any atom is -0.462 e. The first-order valence-electron chi connectivity index (χ1n) is 8.60. The van der Waals surface area contributed by atoms with Crippen LogP contribution in [-0.4, -0.2) is 12.6 Å². The maximum Gasteiger partial charge on any atom is 0.348 e. The van der Waals surface area contributed by atoms with Crippen molar-refractivity contribution in [1.82, 2.24) is 0 Å². The quantitative estimate of drug-likeness (QED) is 0.413. The third kappa shape index (κ3) is 5.19. The Morgan fingerprint density at radius 3 is 1.92 bits per heavy atom. The summed E-state index contributed by atoms with van der Waals surface area (Å²) in [5.74, 6) is -0.586. The van der Waals surface area contributed by atoms with E-state index >= 15 is 0 Å². The number of nitriles is 1. The van der Waals surface area contributed by atoms with Crippen LogP contribution < -0.4 is 0 Å². The van der Waals surface area contributed by atoms with Crippen molar-refractivity contribution in [1.29, 1.82) is 5.26 Å². The SMILES string of the molecule is CCOC(=O)/C(C#N)=C/C(C)(C)C=C(c1ccccc1)c1ccccc1. The van der Waals surface area contributed by atoms with Crippen LogP contribution >= 0.6 is 0 Å². The molecule has 26 heavy (non-hydrogen) atoms. The lowest BCUT2D eigenvalue weighted by molar-refractivity contribution is -0.138. The molecule has 0 saturated heterocycles. The monoisotopic (exact) mass is 345 g/mol. The lowest BCUT2D eigenvalue weighted by Crippen LogP contribution is -2.12. The fraction of sp³-hybridized carbons (Fsp3) is 0.217. The predicted molar refractivity (Wildman–Crippen MR) is 104 cm³/mol. The smallest absolute Gasteiger partial charge is 0.348 e. The Kier molecular flexibility index (Phi) is 6.52. The van der Waals surface area contributed by atoms with Gasteiger partial charge in [0, 0.05) is 5.41 Å². The molecule has 0 spiro atoms. The Labute approximate surface area is 155 Å². The molecule has 0 aliphatic carbocycles.